The lowest BCUT2D eigenvalue weighted by atomic mass is 10.1. The van der Waals surface area contributed by atoms with E-state index in [2.05, 4.69) is 0 Å². The van der Waals surface area contributed by atoms with Crippen molar-refractivity contribution in [3.8, 4) is 5.75 Å². The molecular formula is C16H16FNO3. The molecule has 0 saturated heterocycles. The molecule has 0 unspecified atom stereocenters. The number of hydrogen-bond donors (Lipinski definition) is 1. The Hall–Kier alpha value is -2.56. The molecule has 0 aliphatic carbocycles. The normalized spacial score (nSPS) is 10.2. The molecule has 1 amide bonds. The van der Waals surface area contributed by atoms with Gasteiger partial charge >= 0.3 is 6.09 Å². The van der Waals surface area contributed by atoms with E-state index in [1.165, 1.54) is 19.2 Å². The highest BCUT2D eigenvalue weighted by molar-refractivity contribution is 5.86. The van der Waals surface area contributed by atoms with Crippen molar-refractivity contribution in [2.75, 3.05) is 12.0 Å². The van der Waals surface area contributed by atoms with Crippen LogP contribution in [0.5, 0.6) is 5.75 Å². The Balaban J connectivity index is 2.31. The SMILES string of the molecule is COc1ccc(CN(C(=O)O)c2cccc(C)c2)c(F)c1. The summed E-state index contributed by atoms with van der Waals surface area (Å²) in [6.45, 7) is 1.81. The maximum atomic E-state index is 14.0. The van der Waals surface area contributed by atoms with Crippen molar-refractivity contribution in [1.29, 1.82) is 0 Å². The number of methoxy groups -OCH3 is 1. The molecule has 0 fully saturated rings. The third kappa shape index (κ3) is 3.51. The Labute approximate surface area is 122 Å². The first kappa shape index (κ1) is 14.8. The quantitative estimate of drug-likeness (QED) is 0.930. The van der Waals surface area contributed by atoms with Crippen molar-refractivity contribution in [2.45, 2.75) is 13.5 Å². The molecule has 21 heavy (non-hydrogen) atoms. The summed E-state index contributed by atoms with van der Waals surface area (Å²) in [7, 11) is 1.45. The molecule has 2 aromatic rings. The van der Waals surface area contributed by atoms with Gasteiger partial charge in [-0.2, -0.15) is 0 Å². The number of rotatable bonds is 4. The van der Waals surface area contributed by atoms with Crippen LogP contribution in [0.25, 0.3) is 0 Å². The number of nitrogens with zero attached hydrogens (tertiary/aromatic N) is 1. The monoisotopic (exact) mass is 289 g/mol. The average molecular weight is 289 g/mol. The van der Waals surface area contributed by atoms with E-state index in [9.17, 15) is 14.3 Å². The van der Waals surface area contributed by atoms with Gasteiger partial charge in [-0.05, 0) is 30.7 Å². The lowest BCUT2D eigenvalue weighted by Crippen LogP contribution is -2.29. The highest BCUT2D eigenvalue weighted by atomic mass is 19.1. The molecular weight excluding hydrogens is 273 g/mol. The van der Waals surface area contributed by atoms with Gasteiger partial charge in [-0.1, -0.05) is 18.2 Å². The molecule has 0 spiro atoms. The second kappa shape index (κ2) is 6.26. The number of carboxylic acid groups (broad SMARTS) is 1. The fraction of sp³-hybridized carbons (Fsp3) is 0.188. The zero-order chi connectivity index (χ0) is 15.4. The highest BCUT2D eigenvalue weighted by Crippen LogP contribution is 2.22. The molecule has 0 saturated carbocycles. The summed E-state index contributed by atoms with van der Waals surface area (Å²) in [5.41, 5.74) is 1.74. The summed E-state index contributed by atoms with van der Waals surface area (Å²) in [5.74, 6) is -0.0954. The van der Waals surface area contributed by atoms with E-state index in [4.69, 9.17) is 4.74 Å². The summed E-state index contributed by atoms with van der Waals surface area (Å²) in [4.78, 5) is 12.5. The van der Waals surface area contributed by atoms with Gasteiger partial charge in [0.1, 0.15) is 11.6 Å². The second-order valence-electron chi connectivity index (χ2n) is 4.67. The third-order valence-corrected chi connectivity index (χ3v) is 3.13. The van der Waals surface area contributed by atoms with Gasteiger partial charge in [0.2, 0.25) is 0 Å². The molecule has 0 aliphatic heterocycles. The topological polar surface area (TPSA) is 49.8 Å². The van der Waals surface area contributed by atoms with E-state index >= 15 is 0 Å². The minimum Gasteiger partial charge on any atom is -0.497 e. The number of aryl methyl sites for hydroxylation is 1. The van der Waals surface area contributed by atoms with E-state index in [0.717, 1.165) is 10.5 Å². The van der Waals surface area contributed by atoms with E-state index in [0.29, 0.717) is 17.0 Å². The number of carbonyl (C=O) groups is 1. The van der Waals surface area contributed by atoms with Crippen LogP contribution >= 0.6 is 0 Å². The van der Waals surface area contributed by atoms with Crippen molar-refractivity contribution >= 4 is 11.8 Å². The van der Waals surface area contributed by atoms with Crippen molar-refractivity contribution in [1.82, 2.24) is 0 Å². The maximum Gasteiger partial charge on any atom is 0.412 e. The van der Waals surface area contributed by atoms with E-state index in [1.54, 1.807) is 24.3 Å². The first-order valence-corrected chi connectivity index (χ1v) is 6.41. The number of benzene rings is 2. The molecule has 0 aliphatic rings. The third-order valence-electron chi connectivity index (χ3n) is 3.13. The van der Waals surface area contributed by atoms with Gasteiger partial charge in [-0.3, -0.25) is 4.90 Å². The second-order valence-corrected chi connectivity index (χ2v) is 4.67. The van der Waals surface area contributed by atoms with Crippen LogP contribution in [0.2, 0.25) is 0 Å². The Morgan fingerprint density at radius 3 is 2.62 bits per heavy atom. The summed E-state index contributed by atoms with van der Waals surface area (Å²) >= 11 is 0. The van der Waals surface area contributed by atoms with E-state index in [-0.39, 0.29) is 6.54 Å². The zero-order valence-electron chi connectivity index (χ0n) is 11.8. The van der Waals surface area contributed by atoms with Gasteiger partial charge in [-0.25, -0.2) is 9.18 Å². The van der Waals surface area contributed by atoms with Gasteiger partial charge in [-0.15, -0.1) is 0 Å². The van der Waals surface area contributed by atoms with Crippen LogP contribution in [-0.4, -0.2) is 18.3 Å². The summed E-state index contributed by atoms with van der Waals surface area (Å²) in [6.07, 6.45) is -1.13. The van der Waals surface area contributed by atoms with Crippen LogP contribution in [0.1, 0.15) is 11.1 Å². The van der Waals surface area contributed by atoms with Crippen molar-refractivity contribution in [3.05, 3.63) is 59.4 Å². The molecule has 4 nitrogen and oxygen atoms in total. The van der Waals surface area contributed by atoms with Crippen molar-refractivity contribution < 1.29 is 19.0 Å². The summed E-state index contributed by atoms with van der Waals surface area (Å²) < 4.78 is 18.9. The first-order valence-electron chi connectivity index (χ1n) is 6.41. The summed E-state index contributed by atoms with van der Waals surface area (Å²) in [5, 5.41) is 9.35. The van der Waals surface area contributed by atoms with Crippen LogP contribution in [0, 0.1) is 12.7 Å². The highest BCUT2D eigenvalue weighted by Gasteiger charge is 2.17. The van der Waals surface area contributed by atoms with Crippen LogP contribution < -0.4 is 9.64 Å². The standard InChI is InChI=1S/C16H16FNO3/c1-11-4-3-5-13(8-11)18(16(19)20)10-12-6-7-14(21-2)9-15(12)17/h3-9H,10H2,1-2H3,(H,19,20). The molecule has 0 atom stereocenters. The number of hydrogen-bond acceptors (Lipinski definition) is 2. The zero-order valence-corrected chi connectivity index (χ0v) is 11.8. The molecule has 1 N–H and O–H groups in total. The molecule has 0 aromatic heterocycles. The number of halogens is 1. The first-order chi connectivity index (χ1) is 10.0. The predicted molar refractivity (Wildman–Crippen MR) is 78.3 cm³/mol. The van der Waals surface area contributed by atoms with Crippen molar-refractivity contribution in [2.24, 2.45) is 0 Å². The fourth-order valence-electron chi connectivity index (χ4n) is 2.02. The molecule has 5 heteroatoms. The lowest BCUT2D eigenvalue weighted by Gasteiger charge is -2.20. The Kier molecular flexibility index (Phi) is 4.42. The van der Waals surface area contributed by atoms with E-state index in [1.807, 2.05) is 13.0 Å². The van der Waals surface area contributed by atoms with Crippen LogP contribution in [0.4, 0.5) is 14.9 Å². The molecule has 0 heterocycles. The van der Waals surface area contributed by atoms with Gasteiger partial charge in [0.05, 0.1) is 13.7 Å². The minimum atomic E-state index is -1.13. The molecule has 2 aromatic carbocycles. The van der Waals surface area contributed by atoms with Crippen LogP contribution in [0.3, 0.4) is 0 Å². The molecule has 2 rings (SSSR count). The molecule has 0 bridgehead atoms. The molecule has 110 valence electrons. The average Bonchev–Trinajstić information content (AvgIpc) is 2.45. The Bertz CT molecular complexity index is 658. The largest absolute Gasteiger partial charge is 0.497 e. The smallest absolute Gasteiger partial charge is 0.412 e. The predicted octanol–water partition coefficient (Wildman–Crippen LogP) is 3.83. The Morgan fingerprint density at radius 1 is 1.29 bits per heavy atom. The number of ether oxygens (including phenoxy) is 1. The lowest BCUT2D eigenvalue weighted by molar-refractivity contribution is 0.201. The number of amides is 1. The maximum absolute atomic E-state index is 14.0. The van der Waals surface area contributed by atoms with Gasteiger partial charge in [0.15, 0.2) is 0 Å². The van der Waals surface area contributed by atoms with Crippen LogP contribution in [0.15, 0.2) is 42.5 Å². The fourth-order valence-corrected chi connectivity index (χ4v) is 2.02. The van der Waals surface area contributed by atoms with Gasteiger partial charge < -0.3 is 9.84 Å². The van der Waals surface area contributed by atoms with Crippen LogP contribution in [-0.2, 0) is 6.54 Å². The van der Waals surface area contributed by atoms with E-state index < -0.39 is 11.9 Å². The Morgan fingerprint density at radius 2 is 2.05 bits per heavy atom. The summed E-state index contributed by atoms with van der Waals surface area (Å²) in [6, 6.07) is 11.4. The van der Waals surface area contributed by atoms with Gasteiger partial charge in [0.25, 0.3) is 0 Å². The van der Waals surface area contributed by atoms with Gasteiger partial charge in [0, 0.05) is 17.3 Å². The minimum absolute atomic E-state index is 0.0609. The number of anilines is 1. The molecule has 0 radical (unpaired) electrons. The van der Waals surface area contributed by atoms with Crippen molar-refractivity contribution in [3.63, 3.8) is 0 Å².